The summed E-state index contributed by atoms with van der Waals surface area (Å²) in [6.45, 7) is 1.59. The van der Waals surface area contributed by atoms with Gasteiger partial charge in [-0.25, -0.2) is 18.6 Å². The van der Waals surface area contributed by atoms with Crippen molar-refractivity contribution >= 4 is 34.5 Å². The molecule has 4 rings (SSSR count). The van der Waals surface area contributed by atoms with Crippen molar-refractivity contribution in [2.75, 3.05) is 0 Å². The number of fused-ring (bicyclic) bond motifs is 2. The Bertz CT molecular complexity index is 977. The molecule has 2 aliphatic heterocycles. The molecule has 0 spiro atoms. The Morgan fingerprint density at radius 1 is 1.48 bits per heavy atom. The summed E-state index contributed by atoms with van der Waals surface area (Å²) in [6, 6.07) is 2.87. The summed E-state index contributed by atoms with van der Waals surface area (Å²) in [5.41, 5.74) is -0.797. The molecule has 1 N–H and O–H groups in total. The molecule has 2 atom stereocenters. The maximum Gasteiger partial charge on any atom is 0.336 e. The number of carboxylic acid groups (broad SMARTS) is 1. The van der Waals surface area contributed by atoms with Gasteiger partial charge in [-0.05, 0) is 41.1 Å². The average molecular weight is 487 g/mol. The largest absolute Gasteiger partial charge is 0.479 e. The molecule has 1 aromatic carbocycles. The van der Waals surface area contributed by atoms with Gasteiger partial charge in [0.1, 0.15) is 12.0 Å². The number of hydrogen-bond donors (Lipinski definition) is 1. The molecule has 0 aliphatic carbocycles. The highest BCUT2D eigenvalue weighted by atomic mass is 127. The quantitative estimate of drug-likeness (QED) is 0.674. The molecule has 27 heavy (non-hydrogen) atoms. The van der Waals surface area contributed by atoms with Crippen molar-refractivity contribution in [3.8, 4) is 0 Å². The molecule has 142 valence electrons. The number of aromatic nitrogens is 2. The minimum atomic E-state index is -1.78. The first kappa shape index (κ1) is 18.3. The third-order valence-electron chi connectivity index (χ3n) is 5.43. The molecule has 3 heterocycles. The zero-order valence-electron chi connectivity index (χ0n) is 14.4. The SMILES string of the molecule is CCC(C(=O)O)(c1ncn2c1C[C@@H](F)C2)N1Cc2c(F)cc(I)cc2C1=O. The minimum absolute atomic E-state index is 0.0295. The van der Waals surface area contributed by atoms with Gasteiger partial charge in [-0.3, -0.25) is 4.79 Å². The van der Waals surface area contributed by atoms with Crippen LogP contribution in [0.25, 0.3) is 0 Å². The van der Waals surface area contributed by atoms with Crippen LogP contribution in [0.4, 0.5) is 8.78 Å². The van der Waals surface area contributed by atoms with Crippen LogP contribution in [0.2, 0.25) is 0 Å². The highest BCUT2D eigenvalue weighted by Gasteiger charge is 2.53. The second-order valence-corrected chi connectivity index (χ2v) is 8.06. The van der Waals surface area contributed by atoms with Gasteiger partial charge in [0.25, 0.3) is 5.91 Å². The number of hydrogen-bond acceptors (Lipinski definition) is 3. The smallest absolute Gasteiger partial charge is 0.336 e. The number of aliphatic carboxylic acids is 1. The van der Waals surface area contributed by atoms with Gasteiger partial charge in [0.15, 0.2) is 5.54 Å². The number of imidazole rings is 1. The zero-order chi connectivity index (χ0) is 19.5. The van der Waals surface area contributed by atoms with Crippen LogP contribution >= 0.6 is 22.6 Å². The third-order valence-corrected chi connectivity index (χ3v) is 6.05. The summed E-state index contributed by atoms with van der Waals surface area (Å²) in [5.74, 6) is -2.35. The molecule has 2 aromatic rings. The molecule has 0 bridgehead atoms. The van der Waals surface area contributed by atoms with Crippen LogP contribution in [-0.2, 0) is 29.8 Å². The lowest BCUT2D eigenvalue weighted by Gasteiger charge is -2.36. The Morgan fingerprint density at radius 3 is 2.89 bits per heavy atom. The van der Waals surface area contributed by atoms with Crippen molar-refractivity contribution < 1.29 is 23.5 Å². The van der Waals surface area contributed by atoms with E-state index in [-0.39, 0.29) is 42.8 Å². The Kier molecular flexibility index (Phi) is 4.24. The first-order valence-electron chi connectivity index (χ1n) is 8.51. The number of carbonyl (C=O) groups excluding carboxylic acids is 1. The van der Waals surface area contributed by atoms with E-state index in [0.717, 1.165) is 4.90 Å². The topological polar surface area (TPSA) is 75.4 Å². The minimum Gasteiger partial charge on any atom is -0.479 e. The highest BCUT2D eigenvalue weighted by molar-refractivity contribution is 14.1. The Labute approximate surface area is 167 Å². The van der Waals surface area contributed by atoms with Crippen LogP contribution in [0.3, 0.4) is 0 Å². The maximum atomic E-state index is 14.4. The van der Waals surface area contributed by atoms with Crippen molar-refractivity contribution in [3.63, 3.8) is 0 Å². The number of benzene rings is 1. The number of carbonyl (C=O) groups is 2. The van der Waals surface area contributed by atoms with E-state index in [2.05, 4.69) is 4.98 Å². The Balaban J connectivity index is 1.87. The lowest BCUT2D eigenvalue weighted by Crippen LogP contribution is -2.52. The number of nitrogens with zero attached hydrogens (tertiary/aromatic N) is 3. The lowest BCUT2D eigenvalue weighted by atomic mass is 9.87. The van der Waals surface area contributed by atoms with Gasteiger partial charge >= 0.3 is 5.97 Å². The predicted octanol–water partition coefficient (Wildman–Crippen LogP) is 2.87. The second kappa shape index (κ2) is 6.25. The van der Waals surface area contributed by atoms with Crippen molar-refractivity contribution in [2.45, 2.75) is 44.6 Å². The van der Waals surface area contributed by atoms with Crippen LogP contribution in [0, 0.1) is 9.39 Å². The highest BCUT2D eigenvalue weighted by Crippen LogP contribution is 2.42. The summed E-state index contributed by atoms with van der Waals surface area (Å²) in [5, 5.41) is 10.1. The fourth-order valence-electron chi connectivity index (χ4n) is 4.10. The summed E-state index contributed by atoms with van der Waals surface area (Å²) in [6.07, 6.45) is 0.373. The lowest BCUT2D eigenvalue weighted by molar-refractivity contribution is -0.151. The monoisotopic (exact) mass is 487 g/mol. The molecular weight excluding hydrogens is 471 g/mol. The molecule has 0 fully saturated rings. The molecule has 0 radical (unpaired) electrons. The summed E-state index contributed by atoms with van der Waals surface area (Å²) < 4.78 is 30.4. The van der Waals surface area contributed by atoms with E-state index in [0.29, 0.717) is 9.26 Å². The van der Waals surface area contributed by atoms with Crippen molar-refractivity contribution in [3.05, 3.63) is 50.4 Å². The summed E-state index contributed by atoms with van der Waals surface area (Å²) in [7, 11) is 0. The molecule has 2 aliphatic rings. The zero-order valence-corrected chi connectivity index (χ0v) is 16.5. The molecule has 0 saturated carbocycles. The first-order chi connectivity index (χ1) is 12.8. The van der Waals surface area contributed by atoms with E-state index in [4.69, 9.17) is 0 Å². The normalized spacial score (nSPS) is 20.5. The molecule has 1 unspecified atom stereocenters. The molecule has 9 heteroatoms. The van der Waals surface area contributed by atoms with Gasteiger partial charge in [0, 0.05) is 26.8 Å². The van der Waals surface area contributed by atoms with Crippen LogP contribution in [0.1, 0.15) is 40.7 Å². The fraction of sp³-hybridized carbons (Fsp3) is 0.389. The molecule has 6 nitrogen and oxygen atoms in total. The van der Waals surface area contributed by atoms with Crippen molar-refractivity contribution in [2.24, 2.45) is 0 Å². The van der Waals surface area contributed by atoms with Gasteiger partial charge in [0.05, 0.1) is 25.1 Å². The molecule has 0 saturated heterocycles. The predicted molar refractivity (Wildman–Crippen MR) is 99.4 cm³/mol. The number of halogens is 3. The number of alkyl halides is 1. The van der Waals surface area contributed by atoms with Crippen molar-refractivity contribution in [1.82, 2.24) is 14.5 Å². The van der Waals surface area contributed by atoms with E-state index in [1.807, 2.05) is 22.6 Å². The first-order valence-corrected chi connectivity index (χ1v) is 9.59. The van der Waals surface area contributed by atoms with Gasteiger partial charge in [-0.2, -0.15) is 0 Å². The van der Waals surface area contributed by atoms with Crippen LogP contribution in [0.15, 0.2) is 18.5 Å². The Hall–Kier alpha value is -2.04. The number of rotatable bonds is 4. The Morgan fingerprint density at radius 2 is 2.22 bits per heavy atom. The van der Waals surface area contributed by atoms with E-state index in [1.54, 1.807) is 17.6 Å². The molecular formula is C18H16F2IN3O3. The average Bonchev–Trinajstić information content (AvgIpc) is 3.24. The van der Waals surface area contributed by atoms with Gasteiger partial charge in [-0.1, -0.05) is 6.92 Å². The second-order valence-electron chi connectivity index (χ2n) is 6.82. The number of carboxylic acids is 1. The summed E-state index contributed by atoms with van der Waals surface area (Å²) in [4.78, 5) is 30.9. The third kappa shape index (κ3) is 2.50. The van der Waals surface area contributed by atoms with Crippen LogP contribution in [0.5, 0.6) is 0 Å². The van der Waals surface area contributed by atoms with E-state index < -0.39 is 29.4 Å². The fourth-order valence-corrected chi connectivity index (χ4v) is 4.69. The van der Waals surface area contributed by atoms with Gasteiger partial charge in [-0.15, -0.1) is 0 Å². The number of amides is 1. The maximum absolute atomic E-state index is 14.4. The molecule has 1 amide bonds. The van der Waals surface area contributed by atoms with E-state index in [1.165, 1.54) is 12.4 Å². The van der Waals surface area contributed by atoms with Crippen LogP contribution < -0.4 is 0 Å². The summed E-state index contributed by atoms with van der Waals surface area (Å²) >= 11 is 1.91. The van der Waals surface area contributed by atoms with Crippen LogP contribution in [-0.4, -0.2) is 37.6 Å². The van der Waals surface area contributed by atoms with Gasteiger partial charge in [0.2, 0.25) is 0 Å². The van der Waals surface area contributed by atoms with Crippen molar-refractivity contribution in [1.29, 1.82) is 0 Å². The van der Waals surface area contributed by atoms with Gasteiger partial charge < -0.3 is 14.6 Å². The van der Waals surface area contributed by atoms with E-state index in [9.17, 15) is 23.5 Å². The van der Waals surface area contributed by atoms with E-state index >= 15 is 0 Å². The standard InChI is InChI=1S/C18H16F2IN3O3/c1-2-18(17(26)27,15-14-3-9(19)6-23(14)8-22-15)24-7-12-11(16(24)25)4-10(21)5-13(12)20/h4-5,8-9H,2-3,6-7H2,1H3,(H,26,27)/t9-,18?/m1/s1. The molecule has 1 aromatic heterocycles.